The summed E-state index contributed by atoms with van der Waals surface area (Å²) in [6.45, 7) is 0.357. The third kappa shape index (κ3) is 4.04. The van der Waals surface area contributed by atoms with Crippen LogP contribution in [0.1, 0.15) is 11.3 Å². The number of benzene rings is 1. The number of pyridine rings is 3. The molecule has 2 N–H and O–H groups in total. The molecule has 0 aliphatic carbocycles. The van der Waals surface area contributed by atoms with E-state index < -0.39 is 0 Å². The van der Waals surface area contributed by atoms with Gasteiger partial charge in [-0.15, -0.1) is 0 Å². The van der Waals surface area contributed by atoms with Crippen molar-refractivity contribution in [2.24, 2.45) is 0 Å². The Morgan fingerprint density at radius 3 is 2.55 bits per heavy atom. The van der Waals surface area contributed by atoms with Crippen molar-refractivity contribution in [2.45, 2.75) is 6.61 Å². The largest absolute Gasteiger partial charge is 0.487 e. The van der Waals surface area contributed by atoms with Gasteiger partial charge in [-0.1, -0.05) is 18.2 Å². The number of ether oxygens (including phenoxy) is 1. The zero-order chi connectivity index (χ0) is 20.1. The number of rotatable bonds is 5. The third-order valence-electron chi connectivity index (χ3n) is 4.39. The lowest BCUT2D eigenvalue weighted by molar-refractivity contribution is 0.301. The Labute approximate surface area is 168 Å². The lowest BCUT2D eigenvalue weighted by Gasteiger charge is -2.12. The highest BCUT2D eigenvalue weighted by Crippen LogP contribution is 2.32. The summed E-state index contributed by atoms with van der Waals surface area (Å²) in [5.41, 5.74) is 10.3. The second kappa shape index (κ2) is 8.19. The second-order valence-corrected chi connectivity index (χ2v) is 6.30. The van der Waals surface area contributed by atoms with Crippen LogP contribution in [0.15, 0.2) is 79.3 Å². The molecule has 0 unspecified atom stereocenters. The second-order valence-electron chi connectivity index (χ2n) is 6.30. The molecule has 0 fully saturated rings. The van der Waals surface area contributed by atoms with E-state index in [0.717, 1.165) is 16.8 Å². The van der Waals surface area contributed by atoms with E-state index in [9.17, 15) is 5.26 Å². The maximum atomic E-state index is 9.62. The maximum absolute atomic E-state index is 9.62. The van der Waals surface area contributed by atoms with Gasteiger partial charge in [0.1, 0.15) is 29.8 Å². The quantitative estimate of drug-likeness (QED) is 0.557. The first-order valence-electron chi connectivity index (χ1n) is 8.99. The van der Waals surface area contributed by atoms with Gasteiger partial charge in [0.25, 0.3) is 0 Å². The zero-order valence-corrected chi connectivity index (χ0v) is 15.5. The van der Waals surface area contributed by atoms with Crippen LogP contribution < -0.4 is 10.5 Å². The molecule has 0 aliphatic heterocycles. The van der Waals surface area contributed by atoms with Gasteiger partial charge in [-0.2, -0.15) is 5.26 Å². The number of nitrogen functional groups attached to an aromatic ring is 1. The third-order valence-corrected chi connectivity index (χ3v) is 4.39. The van der Waals surface area contributed by atoms with Crippen LogP contribution in [0.2, 0.25) is 0 Å². The van der Waals surface area contributed by atoms with Gasteiger partial charge >= 0.3 is 0 Å². The van der Waals surface area contributed by atoms with Crippen molar-refractivity contribution >= 4 is 5.82 Å². The number of hydrogen-bond acceptors (Lipinski definition) is 6. The number of nitrogens with zero attached hydrogens (tertiary/aromatic N) is 4. The van der Waals surface area contributed by atoms with E-state index in [1.54, 1.807) is 18.6 Å². The molecule has 0 spiro atoms. The molecular formula is C23H17N5O. The molecule has 3 aromatic heterocycles. The van der Waals surface area contributed by atoms with Crippen LogP contribution in [-0.4, -0.2) is 15.0 Å². The van der Waals surface area contributed by atoms with Crippen molar-refractivity contribution in [2.75, 3.05) is 5.73 Å². The molecule has 0 amide bonds. The van der Waals surface area contributed by atoms with Gasteiger partial charge in [0.15, 0.2) is 0 Å². The summed E-state index contributed by atoms with van der Waals surface area (Å²) in [5, 5.41) is 9.62. The monoisotopic (exact) mass is 379 g/mol. The first-order valence-corrected chi connectivity index (χ1v) is 8.99. The van der Waals surface area contributed by atoms with Crippen molar-refractivity contribution in [3.05, 3.63) is 90.5 Å². The first-order chi connectivity index (χ1) is 14.2. The highest BCUT2D eigenvalue weighted by atomic mass is 16.5. The van der Waals surface area contributed by atoms with Gasteiger partial charge < -0.3 is 10.5 Å². The summed E-state index contributed by atoms with van der Waals surface area (Å²) in [6.07, 6.45) is 5.11. The van der Waals surface area contributed by atoms with E-state index in [-0.39, 0.29) is 5.82 Å². The highest BCUT2D eigenvalue weighted by Gasteiger charge is 2.14. The van der Waals surface area contributed by atoms with E-state index in [1.165, 1.54) is 0 Å². The van der Waals surface area contributed by atoms with E-state index in [4.69, 9.17) is 10.5 Å². The number of aromatic nitrogens is 3. The molecule has 0 saturated heterocycles. The standard InChI is InChI=1S/C23H17N5O/c24-14-21-20(13-22(28-23(21)25)16-7-10-26-11-8-16)17-4-3-6-19(12-17)29-15-18-5-1-2-9-27-18/h1-13H,15H2,(H2,25,28). The Kier molecular flexibility index (Phi) is 5.12. The van der Waals surface area contributed by atoms with Crippen molar-refractivity contribution in [3.63, 3.8) is 0 Å². The van der Waals surface area contributed by atoms with Crippen molar-refractivity contribution in [1.82, 2.24) is 15.0 Å². The van der Waals surface area contributed by atoms with Gasteiger partial charge in [0.2, 0.25) is 0 Å². The predicted molar refractivity (Wildman–Crippen MR) is 111 cm³/mol. The minimum atomic E-state index is 0.191. The molecule has 0 atom stereocenters. The SMILES string of the molecule is N#Cc1c(-c2cccc(OCc3ccccn3)c2)cc(-c2ccncc2)nc1N. The Morgan fingerprint density at radius 2 is 1.79 bits per heavy atom. The van der Waals surface area contributed by atoms with Crippen molar-refractivity contribution < 1.29 is 4.74 Å². The van der Waals surface area contributed by atoms with Crippen LogP contribution in [0.5, 0.6) is 5.75 Å². The summed E-state index contributed by atoms with van der Waals surface area (Å²) in [6, 6.07) is 21.0. The average molecular weight is 379 g/mol. The Bertz CT molecular complexity index is 1170. The molecule has 0 bridgehead atoms. The van der Waals surface area contributed by atoms with Crippen molar-refractivity contribution in [3.8, 4) is 34.2 Å². The summed E-state index contributed by atoms with van der Waals surface area (Å²) in [4.78, 5) is 12.7. The van der Waals surface area contributed by atoms with Crippen LogP contribution in [0, 0.1) is 11.3 Å². The summed E-state index contributed by atoms with van der Waals surface area (Å²) < 4.78 is 5.87. The van der Waals surface area contributed by atoms with E-state index in [1.807, 2.05) is 60.7 Å². The lowest BCUT2D eigenvalue weighted by atomic mass is 9.98. The fourth-order valence-electron chi connectivity index (χ4n) is 2.97. The van der Waals surface area contributed by atoms with Crippen LogP contribution >= 0.6 is 0 Å². The topological polar surface area (TPSA) is 97.7 Å². The Balaban J connectivity index is 1.70. The van der Waals surface area contributed by atoms with Gasteiger partial charge in [-0.25, -0.2) is 4.98 Å². The molecule has 29 heavy (non-hydrogen) atoms. The Morgan fingerprint density at radius 1 is 0.931 bits per heavy atom. The molecule has 4 rings (SSSR count). The van der Waals surface area contributed by atoms with Gasteiger partial charge in [-0.05, 0) is 48.0 Å². The van der Waals surface area contributed by atoms with Crippen LogP contribution in [0.3, 0.4) is 0 Å². The lowest BCUT2D eigenvalue weighted by Crippen LogP contribution is -2.00. The molecule has 0 aliphatic rings. The van der Waals surface area contributed by atoms with E-state index >= 15 is 0 Å². The molecule has 6 nitrogen and oxygen atoms in total. The van der Waals surface area contributed by atoms with Crippen molar-refractivity contribution in [1.29, 1.82) is 5.26 Å². The maximum Gasteiger partial charge on any atom is 0.142 e. The normalized spacial score (nSPS) is 10.3. The van der Waals surface area contributed by atoms with E-state index in [0.29, 0.717) is 29.2 Å². The summed E-state index contributed by atoms with van der Waals surface area (Å²) >= 11 is 0. The molecule has 1 aromatic carbocycles. The summed E-state index contributed by atoms with van der Waals surface area (Å²) in [7, 11) is 0. The van der Waals surface area contributed by atoms with Crippen LogP contribution in [0.4, 0.5) is 5.82 Å². The summed E-state index contributed by atoms with van der Waals surface area (Å²) in [5.74, 6) is 0.870. The first kappa shape index (κ1) is 18.1. The highest BCUT2D eigenvalue weighted by molar-refractivity contribution is 5.80. The number of anilines is 1. The molecule has 3 heterocycles. The zero-order valence-electron chi connectivity index (χ0n) is 15.5. The van der Waals surface area contributed by atoms with Gasteiger partial charge in [0.05, 0.1) is 11.4 Å². The number of hydrogen-bond donors (Lipinski definition) is 1. The number of nitriles is 1. The molecule has 4 aromatic rings. The predicted octanol–water partition coefficient (Wildman–Crippen LogP) is 4.24. The minimum absolute atomic E-state index is 0.191. The van der Waals surface area contributed by atoms with Gasteiger partial charge in [0, 0.05) is 29.7 Å². The molecule has 0 radical (unpaired) electrons. The fourth-order valence-corrected chi connectivity index (χ4v) is 2.97. The molecular weight excluding hydrogens is 362 g/mol. The molecule has 140 valence electrons. The van der Waals surface area contributed by atoms with Crippen LogP contribution in [-0.2, 0) is 6.61 Å². The average Bonchev–Trinajstić information content (AvgIpc) is 2.78. The van der Waals surface area contributed by atoms with Gasteiger partial charge in [-0.3, -0.25) is 9.97 Å². The molecule has 0 saturated carbocycles. The smallest absolute Gasteiger partial charge is 0.142 e. The fraction of sp³-hybridized carbons (Fsp3) is 0.0435. The Hall–Kier alpha value is -4.24. The van der Waals surface area contributed by atoms with E-state index in [2.05, 4.69) is 21.0 Å². The van der Waals surface area contributed by atoms with Crippen LogP contribution in [0.25, 0.3) is 22.4 Å². The number of nitrogens with two attached hydrogens (primary N) is 1. The minimum Gasteiger partial charge on any atom is -0.487 e. The molecule has 6 heteroatoms.